The number of amides is 2. The first-order chi connectivity index (χ1) is 17.0. The van der Waals surface area contributed by atoms with Gasteiger partial charge in [0.05, 0.1) is 17.9 Å². The van der Waals surface area contributed by atoms with Gasteiger partial charge in [-0.1, -0.05) is 29.8 Å². The Labute approximate surface area is 207 Å². The predicted molar refractivity (Wildman–Crippen MR) is 133 cm³/mol. The van der Waals surface area contributed by atoms with Crippen LogP contribution >= 0.6 is 11.6 Å². The van der Waals surface area contributed by atoms with Crippen LogP contribution in [0.3, 0.4) is 0 Å². The number of rotatable bonds is 8. The van der Waals surface area contributed by atoms with E-state index >= 15 is 0 Å². The van der Waals surface area contributed by atoms with Crippen molar-refractivity contribution in [1.82, 2.24) is 25.6 Å². The Balaban J connectivity index is 1.35. The number of aryl methyl sites for hydroxylation is 1. The fraction of sp³-hybridized carbons (Fsp3) is 0.154. The molecule has 0 unspecified atom stereocenters. The number of hydrogen-bond donors (Lipinski definition) is 2. The third-order valence-corrected chi connectivity index (χ3v) is 5.41. The van der Waals surface area contributed by atoms with Gasteiger partial charge in [0.2, 0.25) is 5.91 Å². The standard InChI is InChI=1S/C26H24ClN5O3/c1-18-15-20(27)11-12-23(18)35-14-6-10-24(33)29-30-26(34)22-17-32(21-8-3-2-4-9-21)31-25(22)19-7-5-13-28-16-19/h2-5,7-9,11-13,15-17H,6,10,14H2,1H3,(H,29,33)(H,30,34). The van der Waals surface area contributed by atoms with E-state index < -0.39 is 5.91 Å². The minimum atomic E-state index is -0.479. The van der Waals surface area contributed by atoms with Crippen molar-refractivity contribution in [3.05, 3.63) is 95.4 Å². The maximum atomic E-state index is 12.9. The van der Waals surface area contributed by atoms with Crippen molar-refractivity contribution in [2.24, 2.45) is 0 Å². The van der Waals surface area contributed by atoms with E-state index in [2.05, 4.69) is 20.9 Å². The molecule has 0 saturated heterocycles. The highest BCUT2D eigenvalue weighted by molar-refractivity contribution is 6.30. The van der Waals surface area contributed by atoms with E-state index in [1.807, 2.05) is 49.4 Å². The number of halogens is 1. The van der Waals surface area contributed by atoms with Crippen molar-refractivity contribution in [3.63, 3.8) is 0 Å². The van der Waals surface area contributed by atoms with E-state index in [0.717, 1.165) is 17.0 Å². The second kappa shape index (κ2) is 11.3. The number of aromatic nitrogens is 3. The molecule has 4 rings (SSSR count). The largest absolute Gasteiger partial charge is 0.493 e. The van der Waals surface area contributed by atoms with E-state index in [1.54, 1.807) is 41.5 Å². The molecule has 0 spiro atoms. The van der Waals surface area contributed by atoms with Gasteiger partial charge in [0.15, 0.2) is 0 Å². The lowest BCUT2D eigenvalue weighted by Crippen LogP contribution is -2.41. The van der Waals surface area contributed by atoms with E-state index in [1.165, 1.54) is 0 Å². The molecule has 8 nitrogen and oxygen atoms in total. The minimum absolute atomic E-state index is 0.186. The van der Waals surface area contributed by atoms with Crippen molar-refractivity contribution < 1.29 is 14.3 Å². The summed E-state index contributed by atoms with van der Waals surface area (Å²) in [5.74, 6) is -0.0814. The topological polar surface area (TPSA) is 98.1 Å². The average Bonchev–Trinajstić information content (AvgIpc) is 3.33. The van der Waals surface area contributed by atoms with Crippen molar-refractivity contribution >= 4 is 23.4 Å². The van der Waals surface area contributed by atoms with Gasteiger partial charge in [0.25, 0.3) is 5.91 Å². The third-order valence-electron chi connectivity index (χ3n) is 5.17. The molecule has 178 valence electrons. The Morgan fingerprint density at radius 1 is 1.06 bits per heavy atom. The number of pyridine rings is 1. The van der Waals surface area contributed by atoms with Gasteiger partial charge in [-0.05, 0) is 61.4 Å². The first-order valence-electron chi connectivity index (χ1n) is 11.0. The van der Waals surface area contributed by atoms with E-state index in [0.29, 0.717) is 34.9 Å². The van der Waals surface area contributed by atoms with Crippen LogP contribution in [0.5, 0.6) is 5.75 Å². The fourth-order valence-electron chi connectivity index (χ4n) is 3.42. The van der Waals surface area contributed by atoms with Crippen molar-refractivity contribution in [2.75, 3.05) is 6.61 Å². The van der Waals surface area contributed by atoms with Crippen LogP contribution in [0.1, 0.15) is 28.8 Å². The molecule has 0 aliphatic rings. The van der Waals surface area contributed by atoms with Crippen LogP contribution in [0.15, 0.2) is 79.3 Å². The third kappa shape index (κ3) is 6.24. The Morgan fingerprint density at radius 2 is 1.89 bits per heavy atom. The molecule has 0 bridgehead atoms. The summed E-state index contributed by atoms with van der Waals surface area (Å²) < 4.78 is 7.32. The van der Waals surface area contributed by atoms with Crippen LogP contribution in [-0.2, 0) is 4.79 Å². The summed E-state index contributed by atoms with van der Waals surface area (Å²) in [6.07, 6.45) is 5.58. The molecule has 2 aromatic heterocycles. The van der Waals surface area contributed by atoms with Gasteiger partial charge in [0.1, 0.15) is 11.4 Å². The summed E-state index contributed by atoms with van der Waals surface area (Å²) in [4.78, 5) is 29.3. The highest BCUT2D eigenvalue weighted by atomic mass is 35.5. The number of nitrogens with one attached hydrogen (secondary N) is 2. The quantitative estimate of drug-likeness (QED) is 0.280. The first-order valence-corrected chi connectivity index (χ1v) is 11.4. The highest BCUT2D eigenvalue weighted by Gasteiger charge is 2.19. The van der Waals surface area contributed by atoms with Gasteiger partial charge >= 0.3 is 0 Å². The van der Waals surface area contributed by atoms with Crippen molar-refractivity contribution in [3.8, 4) is 22.7 Å². The summed E-state index contributed by atoms with van der Waals surface area (Å²) in [6, 6.07) is 18.4. The van der Waals surface area contributed by atoms with Gasteiger partial charge in [-0.2, -0.15) is 5.10 Å². The van der Waals surface area contributed by atoms with E-state index in [-0.39, 0.29) is 12.3 Å². The number of nitrogens with zero attached hydrogens (tertiary/aromatic N) is 3. The monoisotopic (exact) mass is 489 g/mol. The summed E-state index contributed by atoms with van der Waals surface area (Å²) in [7, 11) is 0. The second-order valence-electron chi connectivity index (χ2n) is 7.78. The molecule has 0 fully saturated rings. The highest BCUT2D eigenvalue weighted by Crippen LogP contribution is 2.23. The predicted octanol–water partition coefficient (Wildman–Crippen LogP) is 4.52. The average molecular weight is 490 g/mol. The van der Waals surface area contributed by atoms with Gasteiger partial charge in [0, 0.05) is 35.6 Å². The molecule has 0 radical (unpaired) electrons. The molecule has 2 heterocycles. The number of carbonyl (C=O) groups is 2. The maximum Gasteiger partial charge on any atom is 0.273 e. The number of hydrazine groups is 1. The molecule has 9 heteroatoms. The summed E-state index contributed by atoms with van der Waals surface area (Å²) >= 11 is 5.95. The van der Waals surface area contributed by atoms with E-state index in [9.17, 15) is 9.59 Å². The van der Waals surface area contributed by atoms with Crippen LogP contribution in [0.4, 0.5) is 0 Å². The van der Waals surface area contributed by atoms with Gasteiger partial charge < -0.3 is 4.74 Å². The SMILES string of the molecule is Cc1cc(Cl)ccc1OCCCC(=O)NNC(=O)c1cn(-c2ccccc2)nc1-c1cccnc1. The maximum absolute atomic E-state index is 12.9. The zero-order valence-corrected chi connectivity index (χ0v) is 19.8. The summed E-state index contributed by atoms with van der Waals surface area (Å²) in [5, 5.41) is 5.22. The molecule has 0 atom stereocenters. The number of hydrogen-bond acceptors (Lipinski definition) is 5. The second-order valence-corrected chi connectivity index (χ2v) is 8.21. The molecular weight excluding hydrogens is 466 g/mol. The molecular formula is C26H24ClN5O3. The summed E-state index contributed by atoms with van der Waals surface area (Å²) in [6.45, 7) is 2.27. The van der Waals surface area contributed by atoms with Crippen LogP contribution in [0.25, 0.3) is 16.9 Å². The molecule has 0 saturated carbocycles. The van der Waals surface area contributed by atoms with Crippen molar-refractivity contribution in [2.45, 2.75) is 19.8 Å². The zero-order chi connectivity index (χ0) is 24.6. The number of para-hydroxylation sites is 1. The van der Waals surface area contributed by atoms with Crippen LogP contribution in [0, 0.1) is 6.92 Å². The van der Waals surface area contributed by atoms with Crippen molar-refractivity contribution in [1.29, 1.82) is 0 Å². The molecule has 2 N–H and O–H groups in total. The van der Waals surface area contributed by atoms with Crippen LogP contribution in [-0.4, -0.2) is 33.2 Å². The number of carbonyl (C=O) groups excluding carboxylic acids is 2. The van der Waals surface area contributed by atoms with E-state index in [4.69, 9.17) is 16.3 Å². The lowest BCUT2D eigenvalue weighted by atomic mass is 10.1. The first kappa shape index (κ1) is 24.0. The Kier molecular flexibility index (Phi) is 7.74. The summed E-state index contributed by atoms with van der Waals surface area (Å²) in [5.41, 5.74) is 8.13. The molecule has 0 aliphatic carbocycles. The lowest BCUT2D eigenvalue weighted by Gasteiger charge is -2.10. The fourth-order valence-corrected chi connectivity index (χ4v) is 3.64. The molecule has 35 heavy (non-hydrogen) atoms. The normalized spacial score (nSPS) is 10.6. The van der Waals surface area contributed by atoms with Crippen LogP contribution < -0.4 is 15.6 Å². The number of ether oxygens (including phenoxy) is 1. The Bertz CT molecular complexity index is 1310. The smallest absolute Gasteiger partial charge is 0.273 e. The van der Waals surface area contributed by atoms with Gasteiger partial charge in [-0.25, -0.2) is 4.68 Å². The van der Waals surface area contributed by atoms with Gasteiger partial charge in [-0.3, -0.25) is 25.4 Å². The number of benzene rings is 2. The molecule has 0 aliphatic heterocycles. The lowest BCUT2D eigenvalue weighted by molar-refractivity contribution is -0.122. The Morgan fingerprint density at radius 3 is 2.63 bits per heavy atom. The molecule has 2 amide bonds. The Hall–Kier alpha value is -4.17. The van der Waals surface area contributed by atoms with Gasteiger partial charge in [-0.15, -0.1) is 0 Å². The minimum Gasteiger partial charge on any atom is -0.493 e. The molecule has 4 aromatic rings. The van der Waals surface area contributed by atoms with Crippen LogP contribution in [0.2, 0.25) is 5.02 Å². The zero-order valence-electron chi connectivity index (χ0n) is 19.1. The molecule has 2 aromatic carbocycles.